The second-order valence-electron chi connectivity index (χ2n) is 4.52. The number of aromatic nitrogens is 2. The molecule has 5 nitrogen and oxygen atoms in total. The van der Waals surface area contributed by atoms with Crippen molar-refractivity contribution in [2.24, 2.45) is 0 Å². The molecule has 0 aliphatic carbocycles. The van der Waals surface area contributed by atoms with Gasteiger partial charge in [0, 0.05) is 30.4 Å². The third kappa shape index (κ3) is 2.45. The molecule has 98 valence electrons. The zero-order valence-corrected chi connectivity index (χ0v) is 10.4. The summed E-state index contributed by atoms with van der Waals surface area (Å²) < 4.78 is 5.51. The van der Waals surface area contributed by atoms with Crippen LogP contribution < -0.4 is 10.1 Å². The second kappa shape index (κ2) is 5.14. The van der Waals surface area contributed by atoms with Crippen LogP contribution >= 0.6 is 0 Å². The first-order chi connectivity index (χ1) is 9.34. The maximum absolute atomic E-state index is 12.1. The minimum Gasteiger partial charge on any atom is -0.492 e. The van der Waals surface area contributed by atoms with Crippen LogP contribution in [0.15, 0.2) is 36.8 Å². The lowest BCUT2D eigenvalue weighted by atomic mass is 10.0. The predicted octanol–water partition coefficient (Wildman–Crippen LogP) is 1.24. The Balaban J connectivity index is 1.57. The van der Waals surface area contributed by atoms with Crippen molar-refractivity contribution in [1.29, 1.82) is 0 Å². The van der Waals surface area contributed by atoms with Crippen molar-refractivity contribution in [2.45, 2.75) is 12.3 Å². The minimum absolute atomic E-state index is 0.0180. The van der Waals surface area contributed by atoms with Gasteiger partial charge in [-0.05, 0) is 6.07 Å². The molecule has 19 heavy (non-hydrogen) atoms. The van der Waals surface area contributed by atoms with Gasteiger partial charge < -0.3 is 15.0 Å². The van der Waals surface area contributed by atoms with Crippen LogP contribution in [0.3, 0.4) is 0 Å². The molecule has 0 bridgehead atoms. The highest BCUT2D eigenvalue weighted by Crippen LogP contribution is 2.33. The molecule has 1 amide bonds. The molecular weight excluding hydrogens is 242 g/mol. The van der Waals surface area contributed by atoms with Crippen molar-refractivity contribution < 1.29 is 9.53 Å². The largest absolute Gasteiger partial charge is 0.492 e. The summed E-state index contributed by atoms with van der Waals surface area (Å²) in [6, 6.07) is 7.68. The van der Waals surface area contributed by atoms with Gasteiger partial charge in [-0.15, -0.1) is 0 Å². The maximum atomic E-state index is 12.1. The van der Waals surface area contributed by atoms with Gasteiger partial charge in [0.25, 0.3) is 0 Å². The molecule has 1 aromatic carbocycles. The maximum Gasteiger partial charge on any atom is 0.231 e. The lowest BCUT2D eigenvalue weighted by molar-refractivity contribution is -0.122. The molecule has 0 saturated carbocycles. The zero-order valence-electron chi connectivity index (χ0n) is 10.4. The van der Waals surface area contributed by atoms with Crippen molar-refractivity contribution in [3.63, 3.8) is 0 Å². The minimum atomic E-state index is -0.196. The van der Waals surface area contributed by atoms with Gasteiger partial charge in [0.15, 0.2) is 0 Å². The molecule has 1 aromatic heterocycles. The number of carbonyl (C=O) groups is 1. The molecular formula is C14H15N3O2. The first kappa shape index (κ1) is 11.8. The van der Waals surface area contributed by atoms with Crippen LogP contribution in [0.5, 0.6) is 5.75 Å². The molecule has 1 aliphatic rings. The Labute approximate surface area is 111 Å². The number of fused-ring (bicyclic) bond motifs is 1. The number of H-pyrrole nitrogens is 1. The monoisotopic (exact) mass is 257 g/mol. The van der Waals surface area contributed by atoms with E-state index in [2.05, 4.69) is 15.3 Å². The average molecular weight is 257 g/mol. The fraction of sp³-hybridized carbons (Fsp3) is 0.286. The topological polar surface area (TPSA) is 67.0 Å². The molecule has 2 aromatic rings. The van der Waals surface area contributed by atoms with E-state index in [1.165, 1.54) is 0 Å². The lowest BCUT2D eigenvalue weighted by Crippen LogP contribution is -2.31. The third-order valence-corrected chi connectivity index (χ3v) is 3.26. The smallest absolute Gasteiger partial charge is 0.231 e. The van der Waals surface area contributed by atoms with Crippen molar-refractivity contribution in [3.05, 3.63) is 48.0 Å². The third-order valence-electron chi connectivity index (χ3n) is 3.26. The van der Waals surface area contributed by atoms with E-state index < -0.39 is 0 Å². The first-order valence-electron chi connectivity index (χ1n) is 6.31. The molecule has 0 radical (unpaired) electrons. The Bertz CT molecular complexity index is 566. The van der Waals surface area contributed by atoms with Gasteiger partial charge in [-0.25, -0.2) is 4.98 Å². The van der Waals surface area contributed by atoms with Crippen LogP contribution in [0.1, 0.15) is 17.2 Å². The van der Waals surface area contributed by atoms with Crippen molar-refractivity contribution in [1.82, 2.24) is 15.3 Å². The van der Waals surface area contributed by atoms with Gasteiger partial charge in [0.2, 0.25) is 5.91 Å². The number of imidazole rings is 1. The van der Waals surface area contributed by atoms with Crippen LogP contribution in [0.2, 0.25) is 0 Å². The van der Waals surface area contributed by atoms with Crippen molar-refractivity contribution >= 4 is 5.91 Å². The standard InChI is InChI=1S/C14H15N3O2/c18-14(16-6-5-10-7-15-9-17-10)12-8-19-13-4-2-1-3-11(12)13/h1-4,7,9,12H,5-6,8H2,(H,15,17)(H,16,18). The average Bonchev–Trinajstić information content (AvgIpc) is 3.07. The van der Waals surface area contributed by atoms with E-state index >= 15 is 0 Å². The van der Waals surface area contributed by atoms with Gasteiger partial charge in [-0.2, -0.15) is 0 Å². The summed E-state index contributed by atoms with van der Waals surface area (Å²) in [4.78, 5) is 19.1. The summed E-state index contributed by atoms with van der Waals surface area (Å²) in [6.45, 7) is 1.02. The van der Waals surface area contributed by atoms with E-state index in [0.717, 1.165) is 23.4 Å². The molecule has 0 saturated heterocycles. The van der Waals surface area contributed by atoms with E-state index in [1.807, 2.05) is 24.3 Å². The van der Waals surface area contributed by atoms with E-state index in [9.17, 15) is 4.79 Å². The van der Waals surface area contributed by atoms with Gasteiger partial charge in [-0.3, -0.25) is 4.79 Å². The quantitative estimate of drug-likeness (QED) is 0.866. The fourth-order valence-corrected chi connectivity index (χ4v) is 2.24. The summed E-state index contributed by atoms with van der Waals surface area (Å²) in [5.74, 6) is 0.638. The molecule has 0 spiro atoms. The number of benzene rings is 1. The molecule has 2 heterocycles. The van der Waals surface area contributed by atoms with Crippen molar-refractivity contribution in [3.8, 4) is 5.75 Å². The molecule has 1 atom stereocenters. The number of ether oxygens (including phenoxy) is 1. The van der Waals surface area contributed by atoms with E-state index in [0.29, 0.717) is 13.2 Å². The summed E-state index contributed by atoms with van der Waals surface area (Å²) >= 11 is 0. The van der Waals surface area contributed by atoms with Crippen LogP contribution in [-0.2, 0) is 11.2 Å². The number of aromatic amines is 1. The lowest BCUT2D eigenvalue weighted by Gasteiger charge is -2.09. The summed E-state index contributed by atoms with van der Waals surface area (Å²) in [5, 5.41) is 2.94. The van der Waals surface area contributed by atoms with Crippen LogP contribution in [-0.4, -0.2) is 29.0 Å². The van der Waals surface area contributed by atoms with Crippen LogP contribution in [0, 0.1) is 0 Å². The van der Waals surface area contributed by atoms with Gasteiger partial charge in [-0.1, -0.05) is 18.2 Å². The highest BCUT2D eigenvalue weighted by molar-refractivity contribution is 5.85. The van der Waals surface area contributed by atoms with Crippen molar-refractivity contribution in [2.75, 3.05) is 13.2 Å². The number of rotatable bonds is 4. The molecule has 5 heteroatoms. The Morgan fingerprint density at radius 3 is 3.21 bits per heavy atom. The summed E-state index contributed by atoms with van der Waals surface area (Å²) in [7, 11) is 0. The van der Waals surface area contributed by atoms with Gasteiger partial charge >= 0.3 is 0 Å². The molecule has 1 aliphatic heterocycles. The summed E-state index contributed by atoms with van der Waals surface area (Å²) in [5.41, 5.74) is 1.99. The fourth-order valence-electron chi connectivity index (χ4n) is 2.24. The van der Waals surface area contributed by atoms with E-state index in [1.54, 1.807) is 12.5 Å². The first-order valence-corrected chi connectivity index (χ1v) is 6.31. The van der Waals surface area contributed by atoms with Crippen LogP contribution in [0.25, 0.3) is 0 Å². The Morgan fingerprint density at radius 1 is 1.47 bits per heavy atom. The van der Waals surface area contributed by atoms with Crippen LogP contribution in [0.4, 0.5) is 0 Å². The SMILES string of the molecule is O=C(NCCc1cnc[nH]1)C1COc2ccccc21. The number of hydrogen-bond acceptors (Lipinski definition) is 3. The van der Waals surface area contributed by atoms with Gasteiger partial charge in [0.05, 0.1) is 6.33 Å². The van der Waals surface area contributed by atoms with E-state index in [4.69, 9.17) is 4.74 Å². The Kier molecular flexibility index (Phi) is 3.18. The number of nitrogens with zero attached hydrogens (tertiary/aromatic N) is 1. The molecule has 1 unspecified atom stereocenters. The predicted molar refractivity (Wildman–Crippen MR) is 70.0 cm³/mol. The number of amides is 1. The number of hydrogen-bond donors (Lipinski definition) is 2. The highest BCUT2D eigenvalue weighted by Gasteiger charge is 2.29. The molecule has 3 rings (SSSR count). The van der Waals surface area contributed by atoms with Gasteiger partial charge in [0.1, 0.15) is 18.3 Å². The van der Waals surface area contributed by atoms with E-state index in [-0.39, 0.29) is 11.8 Å². The normalized spacial score (nSPS) is 16.7. The second-order valence-corrected chi connectivity index (χ2v) is 4.52. The molecule has 2 N–H and O–H groups in total. The number of para-hydroxylation sites is 1. The molecule has 0 fully saturated rings. The Morgan fingerprint density at radius 2 is 2.37 bits per heavy atom. The summed E-state index contributed by atoms with van der Waals surface area (Å²) in [6.07, 6.45) is 4.15. The Hall–Kier alpha value is -2.30. The number of carbonyl (C=O) groups excluding carboxylic acids is 1. The zero-order chi connectivity index (χ0) is 13.1. The highest BCUT2D eigenvalue weighted by atomic mass is 16.5. The number of nitrogens with one attached hydrogen (secondary N) is 2.